The lowest BCUT2D eigenvalue weighted by molar-refractivity contribution is -0.120. The Balaban J connectivity index is 1.70. The van der Waals surface area contributed by atoms with Crippen LogP contribution >= 0.6 is 0 Å². The third-order valence-corrected chi connectivity index (χ3v) is 4.04. The summed E-state index contributed by atoms with van der Waals surface area (Å²) in [7, 11) is 3.11. The van der Waals surface area contributed by atoms with E-state index in [9.17, 15) is 9.59 Å². The molecule has 3 aromatic rings. The molecule has 0 aliphatic rings. The van der Waals surface area contributed by atoms with Gasteiger partial charge in [-0.3, -0.25) is 9.59 Å². The molecule has 0 spiro atoms. The molecular weight excluding hydrogens is 334 g/mol. The molecule has 2 N–H and O–H groups in total. The van der Waals surface area contributed by atoms with Gasteiger partial charge in [0.05, 0.1) is 38.3 Å². The predicted octanol–water partition coefficient (Wildman–Crippen LogP) is 1.80. The van der Waals surface area contributed by atoms with Gasteiger partial charge in [0.2, 0.25) is 5.91 Å². The molecule has 26 heavy (non-hydrogen) atoms. The van der Waals surface area contributed by atoms with Gasteiger partial charge in [0.1, 0.15) is 0 Å². The number of carbonyl (C=O) groups is 1. The van der Waals surface area contributed by atoms with Crippen LogP contribution in [0, 0.1) is 0 Å². The van der Waals surface area contributed by atoms with Crippen LogP contribution < -0.4 is 20.3 Å². The van der Waals surface area contributed by atoms with Gasteiger partial charge >= 0.3 is 0 Å². The van der Waals surface area contributed by atoms with Crippen molar-refractivity contribution in [3.8, 4) is 11.5 Å². The lowest BCUT2D eigenvalue weighted by atomic mass is 10.1. The summed E-state index contributed by atoms with van der Waals surface area (Å²) in [6.07, 6.45) is 0.196. The van der Waals surface area contributed by atoms with Gasteiger partial charge in [-0.1, -0.05) is 24.3 Å². The second-order valence-corrected chi connectivity index (χ2v) is 5.69. The Hall–Kier alpha value is -3.35. The van der Waals surface area contributed by atoms with E-state index in [1.165, 1.54) is 0 Å². The van der Waals surface area contributed by atoms with Gasteiger partial charge in [0, 0.05) is 5.39 Å². The van der Waals surface area contributed by atoms with Gasteiger partial charge in [0.15, 0.2) is 11.5 Å². The molecule has 7 nitrogen and oxygen atoms in total. The first kappa shape index (κ1) is 17.5. The minimum absolute atomic E-state index is 0.158. The Morgan fingerprint density at radius 3 is 2.54 bits per heavy atom. The maximum atomic E-state index is 12.3. The molecule has 1 aromatic heterocycles. The number of nitrogens with one attached hydrogen (secondary N) is 2. The number of amides is 1. The molecule has 0 aliphatic carbocycles. The summed E-state index contributed by atoms with van der Waals surface area (Å²) in [5.41, 5.74) is 1.17. The van der Waals surface area contributed by atoms with Gasteiger partial charge in [-0.25, -0.2) is 5.10 Å². The number of benzene rings is 2. The summed E-state index contributed by atoms with van der Waals surface area (Å²) in [5, 5.41) is 10.6. The number of fused-ring (bicyclic) bond motifs is 1. The van der Waals surface area contributed by atoms with Crippen LogP contribution in [0.4, 0.5) is 0 Å². The summed E-state index contributed by atoms with van der Waals surface area (Å²) in [4.78, 5) is 24.1. The van der Waals surface area contributed by atoms with Crippen molar-refractivity contribution in [2.75, 3.05) is 14.2 Å². The minimum Gasteiger partial charge on any atom is -0.493 e. The summed E-state index contributed by atoms with van der Waals surface area (Å²) in [6, 6.07) is 12.5. The van der Waals surface area contributed by atoms with Crippen molar-refractivity contribution in [2.24, 2.45) is 0 Å². The molecule has 0 unspecified atom stereocenters. The van der Waals surface area contributed by atoms with Crippen LogP contribution in [0.5, 0.6) is 11.5 Å². The molecule has 2 aromatic carbocycles. The molecule has 3 rings (SSSR count). The average Bonchev–Trinajstić information content (AvgIpc) is 2.67. The fraction of sp³-hybridized carbons (Fsp3) is 0.211. The first-order valence-corrected chi connectivity index (χ1v) is 8.06. The van der Waals surface area contributed by atoms with Crippen LogP contribution in [0.15, 0.2) is 47.3 Å². The van der Waals surface area contributed by atoms with Crippen molar-refractivity contribution < 1.29 is 14.3 Å². The van der Waals surface area contributed by atoms with Gasteiger partial charge in [-0.15, -0.1) is 0 Å². The first-order valence-electron chi connectivity index (χ1n) is 8.06. The van der Waals surface area contributed by atoms with Gasteiger partial charge in [-0.05, 0) is 23.8 Å². The fourth-order valence-electron chi connectivity index (χ4n) is 2.73. The monoisotopic (exact) mass is 353 g/mol. The van der Waals surface area contributed by atoms with Crippen molar-refractivity contribution in [3.63, 3.8) is 0 Å². The zero-order valence-corrected chi connectivity index (χ0v) is 14.5. The number of hydrogen-bond acceptors (Lipinski definition) is 5. The van der Waals surface area contributed by atoms with E-state index in [1.54, 1.807) is 38.5 Å². The number of rotatable bonds is 6. The molecule has 1 amide bonds. The Morgan fingerprint density at radius 2 is 1.81 bits per heavy atom. The van der Waals surface area contributed by atoms with Crippen LogP contribution in [-0.2, 0) is 17.8 Å². The number of aromatic amines is 1. The SMILES string of the molecule is COc1ccc(CC(=O)NCc2n[nH]c(=O)c3ccccc23)cc1OC. The Bertz CT molecular complexity index is 997. The van der Waals surface area contributed by atoms with Crippen LogP contribution in [0.2, 0.25) is 0 Å². The second-order valence-electron chi connectivity index (χ2n) is 5.69. The minimum atomic E-state index is -0.249. The molecule has 0 radical (unpaired) electrons. The number of aromatic nitrogens is 2. The zero-order valence-electron chi connectivity index (χ0n) is 14.5. The van der Waals surface area contributed by atoms with E-state index < -0.39 is 0 Å². The highest BCUT2D eigenvalue weighted by Gasteiger charge is 2.10. The van der Waals surface area contributed by atoms with Gasteiger partial charge in [0.25, 0.3) is 5.56 Å². The lowest BCUT2D eigenvalue weighted by Crippen LogP contribution is -2.26. The molecule has 0 fully saturated rings. The molecule has 0 saturated heterocycles. The van der Waals surface area contributed by atoms with E-state index in [0.717, 1.165) is 10.9 Å². The predicted molar refractivity (Wildman–Crippen MR) is 97.5 cm³/mol. The quantitative estimate of drug-likeness (QED) is 0.705. The Morgan fingerprint density at radius 1 is 1.08 bits per heavy atom. The van der Waals surface area contributed by atoms with E-state index in [0.29, 0.717) is 22.6 Å². The molecule has 0 atom stereocenters. The van der Waals surface area contributed by atoms with Gasteiger partial charge in [-0.2, -0.15) is 5.10 Å². The van der Waals surface area contributed by atoms with E-state index in [4.69, 9.17) is 9.47 Å². The third kappa shape index (κ3) is 3.66. The highest BCUT2D eigenvalue weighted by Crippen LogP contribution is 2.27. The number of carbonyl (C=O) groups excluding carboxylic acids is 1. The van der Waals surface area contributed by atoms with Crippen LogP contribution in [0.3, 0.4) is 0 Å². The van der Waals surface area contributed by atoms with E-state index in [-0.39, 0.29) is 24.4 Å². The van der Waals surface area contributed by atoms with Gasteiger partial charge < -0.3 is 14.8 Å². The smallest absolute Gasteiger partial charge is 0.272 e. The standard InChI is InChI=1S/C19H19N3O4/c1-25-16-8-7-12(9-17(16)26-2)10-18(23)20-11-15-13-5-3-4-6-14(13)19(24)22-21-15/h3-9H,10-11H2,1-2H3,(H,20,23)(H,22,24). The maximum Gasteiger partial charge on any atom is 0.272 e. The molecule has 134 valence electrons. The number of ether oxygens (including phenoxy) is 2. The van der Waals surface area contributed by atoms with E-state index in [2.05, 4.69) is 15.5 Å². The Kier molecular flexibility index (Phi) is 5.17. The molecule has 0 bridgehead atoms. The molecule has 7 heteroatoms. The summed E-state index contributed by atoms with van der Waals surface area (Å²) < 4.78 is 10.4. The van der Waals surface area contributed by atoms with Crippen molar-refractivity contribution in [3.05, 3.63) is 64.1 Å². The summed E-state index contributed by atoms with van der Waals surface area (Å²) >= 11 is 0. The fourth-order valence-corrected chi connectivity index (χ4v) is 2.73. The van der Waals surface area contributed by atoms with Crippen LogP contribution in [0.25, 0.3) is 10.8 Å². The highest BCUT2D eigenvalue weighted by atomic mass is 16.5. The molecule has 0 saturated carbocycles. The second kappa shape index (κ2) is 7.69. The third-order valence-electron chi connectivity index (χ3n) is 4.04. The molecular formula is C19H19N3O4. The number of H-pyrrole nitrogens is 1. The van der Waals surface area contributed by atoms with Crippen molar-refractivity contribution in [1.29, 1.82) is 0 Å². The summed E-state index contributed by atoms with van der Waals surface area (Å²) in [6.45, 7) is 0.226. The summed E-state index contributed by atoms with van der Waals surface area (Å²) in [5.74, 6) is 1.03. The normalized spacial score (nSPS) is 10.5. The van der Waals surface area contributed by atoms with Crippen molar-refractivity contribution in [1.82, 2.24) is 15.5 Å². The van der Waals surface area contributed by atoms with E-state index in [1.807, 2.05) is 18.2 Å². The molecule has 1 heterocycles. The topological polar surface area (TPSA) is 93.3 Å². The average molecular weight is 353 g/mol. The number of nitrogens with zero attached hydrogens (tertiary/aromatic N) is 1. The largest absolute Gasteiger partial charge is 0.493 e. The van der Waals surface area contributed by atoms with Crippen LogP contribution in [0.1, 0.15) is 11.3 Å². The lowest BCUT2D eigenvalue weighted by Gasteiger charge is -2.10. The van der Waals surface area contributed by atoms with E-state index >= 15 is 0 Å². The number of methoxy groups -OCH3 is 2. The maximum absolute atomic E-state index is 12.3. The highest BCUT2D eigenvalue weighted by molar-refractivity contribution is 5.84. The Labute approximate surface area is 150 Å². The van der Waals surface area contributed by atoms with Crippen molar-refractivity contribution >= 4 is 16.7 Å². The number of hydrogen-bond donors (Lipinski definition) is 2. The van der Waals surface area contributed by atoms with Crippen molar-refractivity contribution in [2.45, 2.75) is 13.0 Å². The van der Waals surface area contributed by atoms with Crippen LogP contribution in [-0.4, -0.2) is 30.3 Å². The zero-order chi connectivity index (χ0) is 18.5. The molecule has 0 aliphatic heterocycles. The first-order chi connectivity index (χ1) is 12.6.